The number of aromatic nitrogens is 1. The van der Waals surface area contributed by atoms with Crippen molar-refractivity contribution in [2.24, 2.45) is 0 Å². The average molecular weight is 307 g/mol. The van der Waals surface area contributed by atoms with E-state index in [1.54, 1.807) is 11.3 Å². The van der Waals surface area contributed by atoms with E-state index in [9.17, 15) is 9.59 Å². The number of thiazole rings is 1. The van der Waals surface area contributed by atoms with E-state index < -0.39 is 6.04 Å². The maximum Gasteiger partial charge on any atom is 0.247 e. The van der Waals surface area contributed by atoms with Crippen molar-refractivity contribution in [2.75, 3.05) is 0 Å². The first-order chi connectivity index (χ1) is 10.1. The molecule has 1 aromatic rings. The quantitative estimate of drug-likeness (QED) is 0.866. The summed E-state index contributed by atoms with van der Waals surface area (Å²) in [6, 6.07) is -0.263. The van der Waals surface area contributed by atoms with E-state index in [4.69, 9.17) is 0 Å². The van der Waals surface area contributed by atoms with Gasteiger partial charge in [0.15, 0.2) is 0 Å². The van der Waals surface area contributed by atoms with E-state index >= 15 is 0 Å². The molecule has 0 aromatic carbocycles. The number of carbonyl (C=O) groups is 2. The number of carbonyl (C=O) groups excluding carboxylic acids is 2. The Morgan fingerprint density at radius 3 is 2.71 bits per heavy atom. The van der Waals surface area contributed by atoms with Gasteiger partial charge in [0.05, 0.1) is 18.5 Å². The third kappa shape index (κ3) is 2.87. The highest BCUT2D eigenvalue weighted by atomic mass is 32.1. The van der Waals surface area contributed by atoms with Crippen LogP contribution in [0.1, 0.15) is 55.8 Å². The fourth-order valence-corrected chi connectivity index (χ4v) is 4.08. The monoisotopic (exact) mass is 307 g/mol. The van der Waals surface area contributed by atoms with Gasteiger partial charge in [0.2, 0.25) is 11.8 Å². The summed E-state index contributed by atoms with van der Waals surface area (Å²) in [7, 11) is 0. The van der Waals surface area contributed by atoms with Gasteiger partial charge < -0.3 is 0 Å². The molecule has 0 bridgehead atoms. The van der Waals surface area contributed by atoms with Gasteiger partial charge >= 0.3 is 0 Å². The summed E-state index contributed by atoms with van der Waals surface area (Å²) in [6.07, 6.45) is 4.45. The van der Waals surface area contributed by atoms with Crippen LogP contribution in [0.5, 0.6) is 0 Å². The number of imide groups is 1. The minimum absolute atomic E-state index is 0.00558. The lowest BCUT2D eigenvalue weighted by atomic mass is 10.2. The Morgan fingerprint density at radius 2 is 2.10 bits per heavy atom. The molecule has 1 N–H and O–H groups in total. The minimum atomic E-state index is -0.391. The summed E-state index contributed by atoms with van der Waals surface area (Å²) in [4.78, 5) is 30.6. The van der Waals surface area contributed by atoms with Crippen molar-refractivity contribution in [1.82, 2.24) is 15.2 Å². The molecular formula is C15H21N3O2S. The molecule has 1 saturated heterocycles. The van der Waals surface area contributed by atoms with Crippen LogP contribution in [0.15, 0.2) is 5.38 Å². The van der Waals surface area contributed by atoms with Crippen LogP contribution in [0.4, 0.5) is 0 Å². The minimum Gasteiger partial charge on any atom is -0.297 e. The molecule has 2 atom stereocenters. The second-order valence-corrected chi connectivity index (χ2v) is 6.90. The highest BCUT2D eigenvalue weighted by Gasteiger charge is 2.43. The predicted molar refractivity (Wildman–Crippen MR) is 80.9 cm³/mol. The Kier molecular flexibility index (Phi) is 4.08. The zero-order valence-electron chi connectivity index (χ0n) is 12.5. The van der Waals surface area contributed by atoms with E-state index in [0.29, 0.717) is 0 Å². The SMILES string of the molecule is Cc1csc(C(C)NC2CC(=O)N(C3CCCC3)C2=O)n1. The van der Waals surface area contributed by atoms with Crippen LogP contribution >= 0.6 is 11.3 Å². The lowest BCUT2D eigenvalue weighted by molar-refractivity contribution is -0.141. The summed E-state index contributed by atoms with van der Waals surface area (Å²) < 4.78 is 0. The van der Waals surface area contributed by atoms with Crippen molar-refractivity contribution in [1.29, 1.82) is 0 Å². The Labute approximate surface area is 128 Å². The Hall–Kier alpha value is -1.27. The van der Waals surface area contributed by atoms with Crippen LogP contribution < -0.4 is 5.32 Å². The predicted octanol–water partition coefficient (Wildman–Crippen LogP) is 2.17. The first-order valence-electron chi connectivity index (χ1n) is 7.60. The lowest BCUT2D eigenvalue weighted by Gasteiger charge is -2.23. The standard InChI is InChI=1S/C15H21N3O2S/c1-9-8-21-14(16-9)10(2)17-12-7-13(19)18(15(12)20)11-5-3-4-6-11/h8,10-12,17H,3-7H2,1-2H3. The normalized spacial score (nSPS) is 25.0. The average Bonchev–Trinajstić information content (AvgIpc) is 3.13. The van der Waals surface area contributed by atoms with Crippen LogP contribution in [0.25, 0.3) is 0 Å². The fourth-order valence-electron chi connectivity index (χ4n) is 3.27. The lowest BCUT2D eigenvalue weighted by Crippen LogP contribution is -2.43. The molecular weight excluding hydrogens is 286 g/mol. The zero-order valence-corrected chi connectivity index (χ0v) is 13.3. The molecule has 6 heteroatoms. The van der Waals surface area contributed by atoms with E-state index in [0.717, 1.165) is 36.4 Å². The molecule has 0 radical (unpaired) electrons. The smallest absolute Gasteiger partial charge is 0.247 e. The molecule has 2 aliphatic rings. The summed E-state index contributed by atoms with van der Waals surface area (Å²) >= 11 is 1.59. The summed E-state index contributed by atoms with van der Waals surface area (Å²) in [5.41, 5.74) is 0.991. The highest BCUT2D eigenvalue weighted by molar-refractivity contribution is 7.09. The molecule has 2 heterocycles. The van der Waals surface area contributed by atoms with Gasteiger partial charge in [-0.2, -0.15) is 0 Å². The number of hydrogen-bond donors (Lipinski definition) is 1. The molecule has 1 aromatic heterocycles. The van der Waals surface area contributed by atoms with E-state index in [1.807, 2.05) is 19.2 Å². The van der Waals surface area contributed by atoms with Crippen LogP contribution in [0.3, 0.4) is 0 Å². The molecule has 0 spiro atoms. The van der Waals surface area contributed by atoms with Crippen molar-refractivity contribution in [3.63, 3.8) is 0 Å². The van der Waals surface area contributed by atoms with Crippen molar-refractivity contribution in [3.8, 4) is 0 Å². The second-order valence-electron chi connectivity index (χ2n) is 6.01. The number of amides is 2. The maximum atomic E-state index is 12.5. The van der Waals surface area contributed by atoms with Crippen LogP contribution in [0.2, 0.25) is 0 Å². The first kappa shape index (κ1) is 14.7. The molecule has 1 saturated carbocycles. The van der Waals surface area contributed by atoms with Crippen molar-refractivity contribution in [3.05, 3.63) is 16.1 Å². The molecule has 3 rings (SSSR count). The van der Waals surface area contributed by atoms with Gasteiger partial charge in [-0.25, -0.2) is 4.98 Å². The van der Waals surface area contributed by atoms with Crippen LogP contribution in [0, 0.1) is 6.92 Å². The van der Waals surface area contributed by atoms with Gasteiger partial charge in [-0.3, -0.25) is 19.8 Å². The van der Waals surface area contributed by atoms with Crippen molar-refractivity contribution < 1.29 is 9.59 Å². The van der Waals surface area contributed by atoms with Crippen LogP contribution in [-0.2, 0) is 9.59 Å². The third-order valence-corrected chi connectivity index (χ3v) is 5.48. The summed E-state index contributed by atoms with van der Waals surface area (Å²) in [5, 5.41) is 6.24. The van der Waals surface area contributed by atoms with Gasteiger partial charge in [0.1, 0.15) is 5.01 Å². The molecule has 2 unspecified atom stereocenters. The molecule has 2 fully saturated rings. The van der Waals surface area contributed by atoms with Gasteiger partial charge in [0, 0.05) is 17.1 Å². The highest BCUT2D eigenvalue weighted by Crippen LogP contribution is 2.29. The number of likely N-dealkylation sites (tertiary alicyclic amines) is 1. The number of hydrogen-bond acceptors (Lipinski definition) is 5. The number of nitrogens with zero attached hydrogens (tertiary/aromatic N) is 2. The largest absolute Gasteiger partial charge is 0.297 e. The Morgan fingerprint density at radius 1 is 1.38 bits per heavy atom. The molecule has 1 aliphatic heterocycles. The van der Waals surface area contributed by atoms with E-state index in [1.165, 1.54) is 4.90 Å². The van der Waals surface area contributed by atoms with E-state index in [-0.39, 0.29) is 30.3 Å². The van der Waals surface area contributed by atoms with Gasteiger partial charge in [-0.15, -0.1) is 11.3 Å². The van der Waals surface area contributed by atoms with Crippen LogP contribution in [-0.4, -0.2) is 33.8 Å². The molecule has 21 heavy (non-hydrogen) atoms. The number of nitrogens with one attached hydrogen (secondary N) is 1. The van der Waals surface area contributed by atoms with E-state index in [2.05, 4.69) is 10.3 Å². The maximum absolute atomic E-state index is 12.5. The zero-order chi connectivity index (χ0) is 15.0. The third-order valence-electron chi connectivity index (χ3n) is 4.33. The summed E-state index contributed by atoms with van der Waals surface area (Å²) in [6.45, 7) is 3.95. The van der Waals surface area contributed by atoms with Gasteiger partial charge in [-0.05, 0) is 26.7 Å². The molecule has 114 valence electrons. The number of aryl methyl sites for hydroxylation is 1. The number of rotatable bonds is 4. The Balaban J connectivity index is 1.66. The van der Waals surface area contributed by atoms with Gasteiger partial charge in [0.25, 0.3) is 0 Å². The summed E-state index contributed by atoms with van der Waals surface area (Å²) in [5.74, 6) is -0.0704. The van der Waals surface area contributed by atoms with Crippen molar-refractivity contribution in [2.45, 2.75) is 64.1 Å². The fraction of sp³-hybridized carbons (Fsp3) is 0.667. The second kappa shape index (κ2) is 5.85. The molecule has 1 aliphatic carbocycles. The van der Waals surface area contributed by atoms with Gasteiger partial charge in [-0.1, -0.05) is 12.8 Å². The first-order valence-corrected chi connectivity index (χ1v) is 8.48. The van der Waals surface area contributed by atoms with Crippen molar-refractivity contribution >= 4 is 23.2 Å². The topological polar surface area (TPSA) is 62.3 Å². The Bertz CT molecular complexity index is 551. The molecule has 5 nitrogen and oxygen atoms in total. The molecule has 2 amide bonds.